The largest absolute Gasteiger partial charge is 0.508 e. The van der Waals surface area contributed by atoms with Crippen molar-refractivity contribution in [3.8, 4) is 17.2 Å². The maximum atomic E-state index is 12.2. The molecule has 0 aliphatic carbocycles. The predicted molar refractivity (Wildman–Crippen MR) is 87.5 cm³/mol. The van der Waals surface area contributed by atoms with Crippen molar-refractivity contribution >= 4 is 39.0 Å². The first-order chi connectivity index (χ1) is 10.3. The van der Waals surface area contributed by atoms with Crippen LogP contribution in [0.3, 0.4) is 0 Å². The van der Waals surface area contributed by atoms with Gasteiger partial charge in [0.1, 0.15) is 5.75 Å². The van der Waals surface area contributed by atoms with Gasteiger partial charge in [-0.2, -0.15) is 0 Å². The van der Waals surface area contributed by atoms with E-state index in [2.05, 4.69) is 5.32 Å². The van der Waals surface area contributed by atoms with Crippen LogP contribution in [-0.4, -0.2) is 43.2 Å². The van der Waals surface area contributed by atoms with E-state index < -0.39 is 18.2 Å². The standard InChI is InChI=1S/C14H12B3NO4/c1-7-10(19)5-3-9(13(7)17(15)16)18-14(22)8-2-4-11(20)12(21)6-8/h2-6,19-21H,1H3,(H,18,22). The average molecular weight is 291 g/mol. The number of hydrogen-bond donors (Lipinski definition) is 4. The number of benzene rings is 2. The normalized spacial score (nSPS) is 10.2. The summed E-state index contributed by atoms with van der Waals surface area (Å²) in [5, 5.41) is 31.0. The molecule has 2 rings (SSSR count). The molecule has 0 fully saturated rings. The van der Waals surface area contributed by atoms with Gasteiger partial charge >= 0.3 is 0 Å². The fraction of sp³-hybridized carbons (Fsp3) is 0.0714. The average Bonchev–Trinajstić information content (AvgIpc) is 2.45. The van der Waals surface area contributed by atoms with Gasteiger partial charge in [0.05, 0.1) is 6.49 Å². The summed E-state index contributed by atoms with van der Waals surface area (Å²) in [6, 6.07) is 6.62. The Morgan fingerprint density at radius 3 is 2.27 bits per heavy atom. The van der Waals surface area contributed by atoms with Crippen LogP contribution in [0.25, 0.3) is 0 Å². The van der Waals surface area contributed by atoms with Gasteiger partial charge in [-0.3, -0.25) is 4.79 Å². The van der Waals surface area contributed by atoms with Crippen molar-refractivity contribution in [1.82, 2.24) is 0 Å². The minimum atomic E-state index is -0.879. The number of rotatable bonds is 3. The summed E-state index contributed by atoms with van der Waals surface area (Å²) in [4.78, 5) is 12.2. The lowest BCUT2D eigenvalue weighted by Gasteiger charge is -2.17. The van der Waals surface area contributed by atoms with E-state index in [9.17, 15) is 20.1 Å². The quantitative estimate of drug-likeness (QED) is 0.374. The van der Waals surface area contributed by atoms with Crippen molar-refractivity contribution in [3.05, 3.63) is 41.5 Å². The Morgan fingerprint density at radius 1 is 1.05 bits per heavy atom. The maximum Gasteiger partial charge on any atom is 0.255 e. The first kappa shape index (κ1) is 15.9. The van der Waals surface area contributed by atoms with Crippen molar-refractivity contribution in [2.24, 2.45) is 0 Å². The van der Waals surface area contributed by atoms with E-state index in [-0.39, 0.29) is 17.1 Å². The highest BCUT2D eigenvalue weighted by Crippen LogP contribution is 2.25. The van der Waals surface area contributed by atoms with Crippen LogP contribution >= 0.6 is 0 Å². The molecule has 0 heterocycles. The second-order valence-electron chi connectivity index (χ2n) is 4.85. The molecule has 1 amide bonds. The van der Waals surface area contributed by atoms with E-state index in [1.165, 1.54) is 24.3 Å². The summed E-state index contributed by atoms with van der Waals surface area (Å²) in [7, 11) is 11.4. The Labute approximate surface area is 130 Å². The van der Waals surface area contributed by atoms with Crippen molar-refractivity contribution in [2.45, 2.75) is 6.92 Å². The van der Waals surface area contributed by atoms with Crippen LogP contribution in [0.1, 0.15) is 15.9 Å². The molecule has 8 heteroatoms. The molecular formula is C14H12B3NO4. The molecule has 2 aromatic carbocycles. The molecule has 0 saturated heterocycles. The molecule has 0 aromatic heterocycles. The van der Waals surface area contributed by atoms with Crippen molar-refractivity contribution in [1.29, 1.82) is 0 Å². The molecule has 2 aromatic rings. The van der Waals surface area contributed by atoms with Gasteiger partial charge in [-0.15, -0.1) is 0 Å². The molecule has 0 saturated carbocycles. The van der Waals surface area contributed by atoms with E-state index >= 15 is 0 Å². The van der Waals surface area contributed by atoms with Gasteiger partial charge in [0.15, 0.2) is 11.5 Å². The molecule has 22 heavy (non-hydrogen) atoms. The summed E-state index contributed by atoms with van der Waals surface area (Å²) in [5.74, 6) is -1.20. The number of phenolic OH excluding ortho intramolecular Hbond substituents is 3. The first-order valence-electron chi connectivity index (χ1n) is 6.48. The third-order valence-electron chi connectivity index (χ3n) is 3.31. The van der Waals surface area contributed by atoms with E-state index in [1.54, 1.807) is 6.92 Å². The summed E-state index contributed by atoms with van der Waals surface area (Å²) < 4.78 is 0. The second kappa shape index (κ2) is 6.09. The van der Waals surface area contributed by atoms with Crippen LogP contribution in [0.2, 0.25) is 0 Å². The Hall–Kier alpha value is -2.50. The monoisotopic (exact) mass is 291 g/mol. The van der Waals surface area contributed by atoms with Gasteiger partial charge in [0.25, 0.3) is 5.91 Å². The minimum absolute atomic E-state index is 0.0242. The zero-order chi connectivity index (χ0) is 16.4. The highest BCUT2D eigenvalue weighted by Gasteiger charge is 2.16. The molecule has 0 aliphatic heterocycles. The van der Waals surface area contributed by atoms with E-state index in [1.807, 2.05) is 0 Å². The van der Waals surface area contributed by atoms with Crippen molar-refractivity contribution < 1.29 is 20.1 Å². The van der Waals surface area contributed by atoms with Gasteiger partial charge in [0.2, 0.25) is 0 Å². The van der Waals surface area contributed by atoms with Gasteiger partial charge in [-0.1, -0.05) is 5.46 Å². The van der Waals surface area contributed by atoms with Gasteiger partial charge in [0, 0.05) is 26.7 Å². The third kappa shape index (κ3) is 3.06. The number of hydrogen-bond acceptors (Lipinski definition) is 4. The van der Waals surface area contributed by atoms with Crippen LogP contribution in [0.4, 0.5) is 5.69 Å². The zero-order valence-corrected chi connectivity index (χ0v) is 11.9. The molecule has 0 unspecified atom stereocenters. The smallest absolute Gasteiger partial charge is 0.255 e. The topological polar surface area (TPSA) is 89.8 Å². The lowest BCUT2D eigenvalue weighted by molar-refractivity contribution is 0.102. The molecule has 0 bridgehead atoms. The first-order valence-corrected chi connectivity index (χ1v) is 6.48. The number of anilines is 1. The molecule has 0 aliphatic rings. The lowest BCUT2D eigenvalue weighted by atomic mass is 9.16. The Kier molecular flexibility index (Phi) is 4.40. The fourth-order valence-corrected chi connectivity index (χ4v) is 2.11. The molecule has 5 nitrogen and oxygen atoms in total. The molecule has 4 radical (unpaired) electrons. The van der Waals surface area contributed by atoms with Crippen molar-refractivity contribution in [2.75, 3.05) is 5.32 Å². The van der Waals surface area contributed by atoms with Crippen LogP contribution in [0, 0.1) is 6.92 Å². The molecule has 106 valence electrons. The second-order valence-corrected chi connectivity index (χ2v) is 4.85. The van der Waals surface area contributed by atoms with Crippen LogP contribution in [0.5, 0.6) is 17.2 Å². The summed E-state index contributed by atoms with van der Waals surface area (Å²) in [6.07, 6.45) is 0. The molecule has 0 spiro atoms. The van der Waals surface area contributed by atoms with Crippen LogP contribution < -0.4 is 10.8 Å². The number of nitrogens with one attached hydrogen (secondary N) is 1. The molecule has 0 atom stereocenters. The van der Waals surface area contributed by atoms with E-state index in [0.29, 0.717) is 16.7 Å². The zero-order valence-electron chi connectivity index (χ0n) is 11.9. The number of phenols is 3. The predicted octanol–water partition coefficient (Wildman–Crippen LogP) is 0.396. The third-order valence-corrected chi connectivity index (χ3v) is 3.31. The Bertz CT molecular complexity index is 734. The summed E-state index contributed by atoms with van der Waals surface area (Å²) in [6.45, 7) is 0.759. The minimum Gasteiger partial charge on any atom is -0.508 e. The van der Waals surface area contributed by atoms with E-state index in [4.69, 9.17) is 15.5 Å². The Balaban J connectivity index is 2.36. The molecule has 4 N–H and O–H groups in total. The van der Waals surface area contributed by atoms with Crippen LogP contribution in [0.15, 0.2) is 30.3 Å². The molecular weight excluding hydrogens is 279 g/mol. The SMILES string of the molecule is [B]B([B])c1c(NC(=O)c2ccc(O)c(O)c2)ccc(O)c1C. The van der Waals surface area contributed by atoms with Gasteiger partial charge < -0.3 is 20.6 Å². The van der Waals surface area contributed by atoms with Gasteiger partial charge in [-0.25, -0.2) is 0 Å². The van der Waals surface area contributed by atoms with Gasteiger partial charge in [-0.05, 0) is 42.8 Å². The lowest BCUT2D eigenvalue weighted by Crippen LogP contribution is -2.37. The van der Waals surface area contributed by atoms with Crippen molar-refractivity contribution in [3.63, 3.8) is 0 Å². The highest BCUT2D eigenvalue weighted by molar-refractivity contribution is 7.35. The van der Waals surface area contributed by atoms with Crippen LogP contribution in [-0.2, 0) is 0 Å². The Morgan fingerprint density at radius 2 is 1.68 bits per heavy atom. The number of carbonyl (C=O) groups excluding carboxylic acids is 1. The maximum absolute atomic E-state index is 12.2. The summed E-state index contributed by atoms with van der Waals surface area (Å²) >= 11 is 0. The highest BCUT2D eigenvalue weighted by atomic mass is 16.3. The fourth-order valence-electron chi connectivity index (χ4n) is 2.11. The van der Waals surface area contributed by atoms with E-state index in [0.717, 1.165) is 6.07 Å². The summed E-state index contributed by atoms with van der Waals surface area (Å²) in [5.41, 5.74) is 1.40. The number of aromatic hydroxyl groups is 3. The number of amides is 1. The number of carbonyl (C=O) groups is 1.